The normalized spacial score (nSPS) is 12.4. The number of hydrogen-bond donors (Lipinski definition) is 1. The Hall–Kier alpha value is -4.42. The van der Waals surface area contributed by atoms with Gasteiger partial charge in [-0.2, -0.15) is 13.9 Å². The maximum absolute atomic E-state index is 14.7. The van der Waals surface area contributed by atoms with Crippen molar-refractivity contribution in [2.75, 3.05) is 5.73 Å². The van der Waals surface area contributed by atoms with Gasteiger partial charge in [0.15, 0.2) is 17.2 Å². The number of thiazole rings is 1. The van der Waals surface area contributed by atoms with E-state index in [-0.39, 0.29) is 22.6 Å². The third-order valence-corrected chi connectivity index (χ3v) is 8.03. The first kappa shape index (κ1) is 26.8. The third kappa shape index (κ3) is 4.58. The average molecular weight is 597 g/mol. The van der Waals surface area contributed by atoms with Gasteiger partial charge in [-0.3, -0.25) is 9.20 Å². The van der Waals surface area contributed by atoms with Gasteiger partial charge in [0.1, 0.15) is 27.8 Å². The van der Waals surface area contributed by atoms with E-state index in [1.807, 2.05) is 43.3 Å². The number of hydrogen-bond acceptors (Lipinski definition) is 7. The SMILES string of the molecule is CC[C@@H](c1cc2scc(Cl)n2c(=O)c1-c1ccccc1)n1nc(-c2ccc(OC(F)F)c(F)c2)c2c(N)ncnc21. The number of anilines is 1. The van der Waals surface area contributed by atoms with E-state index in [4.69, 9.17) is 22.4 Å². The number of aromatic nitrogens is 5. The fraction of sp³-hybridized carbons (Fsp3) is 0.143. The summed E-state index contributed by atoms with van der Waals surface area (Å²) in [4.78, 5) is 23.1. The summed E-state index contributed by atoms with van der Waals surface area (Å²) >= 11 is 7.72. The van der Waals surface area contributed by atoms with Crippen LogP contribution < -0.4 is 16.0 Å². The molecule has 2 aromatic carbocycles. The van der Waals surface area contributed by atoms with Gasteiger partial charge in [0.2, 0.25) is 0 Å². The van der Waals surface area contributed by atoms with Gasteiger partial charge >= 0.3 is 6.61 Å². The number of halogens is 4. The molecule has 4 heterocycles. The standard InChI is InChI=1S/C28H20ClF3N6O2S/c1-2-18(16-11-21-37(20(29)12-41-21)27(39)22(16)14-6-4-3-5-7-14)38-26-23(25(33)34-13-35-26)24(36-38)15-8-9-19(17(30)10-15)40-28(31)32/h3-13,18,28H,2H2,1H3,(H2,33,34,35)/t18-/m0/s1. The molecule has 0 aliphatic heterocycles. The van der Waals surface area contributed by atoms with Gasteiger partial charge < -0.3 is 10.5 Å². The molecule has 0 radical (unpaired) electrons. The van der Waals surface area contributed by atoms with Crippen molar-refractivity contribution in [3.05, 3.63) is 93.2 Å². The Morgan fingerprint density at radius 1 is 1.10 bits per heavy atom. The van der Waals surface area contributed by atoms with Crippen LogP contribution in [0.25, 0.3) is 38.2 Å². The van der Waals surface area contributed by atoms with Gasteiger partial charge in [-0.1, -0.05) is 48.9 Å². The van der Waals surface area contributed by atoms with E-state index in [1.165, 1.54) is 28.1 Å². The molecule has 0 aliphatic carbocycles. The van der Waals surface area contributed by atoms with Gasteiger partial charge in [0.25, 0.3) is 5.56 Å². The lowest BCUT2D eigenvalue weighted by atomic mass is 9.95. The van der Waals surface area contributed by atoms with Gasteiger partial charge in [-0.25, -0.2) is 19.0 Å². The number of benzene rings is 2. The number of alkyl halides is 2. The molecule has 13 heteroatoms. The maximum atomic E-state index is 14.7. The predicted molar refractivity (Wildman–Crippen MR) is 152 cm³/mol. The van der Waals surface area contributed by atoms with Crippen LogP contribution in [0.2, 0.25) is 5.15 Å². The molecule has 0 unspecified atom stereocenters. The summed E-state index contributed by atoms with van der Waals surface area (Å²) in [7, 11) is 0. The number of nitrogen functional groups attached to an aromatic ring is 1. The van der Waals surface area contributed by atoms with Crippen molar-refractivity contribution in [3.8, 4) is 28.1 Å². The van der Waals surface area contributed by atoms with Gasteiger partial charge in [-0.15, -0.1) is 11.3 Å². The first-order valence-electron chi connectivity index (χ1n) is 12.4. The van der Waals surface area contributed by atoms with Crippen molar-refractivity contribution in [2.45, 2.75) is 26.0 Å². The molecule has 0 bridgehead atoms. The number of ether oxygens (including phenoxy) is 1. The highest BCUT2D eigenvalue weighted by atomic mass is 35.5. The fourth-order valence-electron chi connectivity index (χ4n) is 4.99. The molecule has 0 amide bonds. The Morgan fingerprint density at radius 2 is 1.88 bits per heavy atom. The Bertz CT molecular complexity index is 1980. The van der Waals surface area contributed by atoms with E-state index in [0.717, 1.165) is 12.1 Å². The Morgan fingerprint density at radius 3 is 2.59 bits per heavy atom. The molecule has 6 aromatic rings. The third-order valence-electron chi connectivity index (χ3n) is 6.74. The van der Waals surface area contributed by atoms with E-state index in [2.05, 4.69) is 14.7 Å². The van der Waals surface area contributed by atoms with Crippen LogP contribution in [0.1, 0.15) is 24.9 Å². The zero-order valence-corrected chi connectivity index (χ0v) is 22.8. The summed E-state index contributed by atoms with van der Waals surface area (Å²) < 4.78 is 47.5. The highest BCUT2D eigenvalue weighted by Crippen LogP contribution is 2.38. The second kappa shape index (κ2) is 10.5. The molecule has 208 valence electrons. The molecule has 0 spiro atoms. The molecule has 0 aliphatic rings. The van der Waals surface area contributed by atoms with Gasteiger partial charge in [-0.05, 0) is 41.8 Å². The largest absolute Gasteiger partial charge is 0.432 e. The van der Waals surface area contributed by atoms with Crippen molar-refractivity contribution in [2.24, 2.45) is 0 Å². The molecule has 0 saturated heterocycles. The van der Waals surface area contributed by atoms with Gasteiger partial charge in [0, 0.05) is 10.9 Å². The van der Waals surface area contributed by atoms with Crippen molar-refractivity contribution in [3.63, 3.8) is 0 Å². The highest BCUT2D eigenvalue weighted by Gasteiger charge is 2.27. The van der Waals surface area contributed by atoms with Crippen molar-refractivity contribution in [1.82, 2.24) is 24.1 Å². The molecule has 6 rings (SSSR count). The number of rotatable bonds is 7. The van der Waals surface area contributed by atoms with E-state index in [1.54, 1.807) is 10.1 Å². The van der Waals surface area contributed by atoms with Crippen LogP contribution in [0, 0.1) is 5.82 Å². The number of nitrogens with zero attached hydrogens (tertiary/aromatic N) is 5. The number of fused-ring (bicyclic) bond motifs is 2. The quantitative estimate of drug-likeness (QED) is 0.217. The van der Waals surface area contributed by atoms with Crippen LogP contribution in [0.3, 0.4) is 0 Å². The summed E-state index contributed by atoms with van der Waals surface area (Å²) in [5.41, 5.74) is 8.66. The molecule has 1 atom stereocenters. The smallest absolute Gasteiger partial charge is 0.387 e. The second-order valence-electron chi connectivity index (χ2n) is 9.08. The van der Waals surface area contributed by atoms with E-state index >= 15 is 0 Å². The number of nitrogens with two attached hydrogens (primary N) is 1. The Kier molecular flexibility index (Phi) is 6.88. The summed E-state index contributed by atoms with van der Waals surface area (Å²) in [6.45, 7) is -1.24. The fourth-order valence-corrected chi connectivity index (χ4v) is 6.15. The van der Waals surface area contributed by atoms with Crippen LogP contribution in [0.4, 0.5) is 19.0 Å². The average Bonchev–Trinajstić information content (AvgIpc) is 3.52. The first-order valence-corrected chi connectivity index (χ1v) is 13.7. The molecule has 2 N–H and O–H groups in total. The second-order valence-corrected chi connectivity index (χ2v) is 10.4. The first-order chi connectivity index (χ1) is 19.8. The van der Waals surface area contributed by atoms with Crippen LogP contribution in [-0.4, -0.2) is 30.8 Å². The lowest BCUT2D eigenvalue weighted by molar-refractivity contribution is -0.0521. The van der Waals surface area contributed by atoms with Crippen LogP contribution >= 0.6 is 22.9 Å². The maximum Gasteiger partial charge on any atom is 0.387 e. The Balaban J connectivity index is 1.61. The molecule has 41 heavy (non-hydrogen) atoms. The zero-order valence-electron chi connectivity index (χ0n) is 21.3. The summed E-state index contributed by atoms with van der Waals surface area (Å²) in [6, 6.07) is 14.2. The summed E-state index contributed by atoms with van der Waals surface area (Å²) in [5.74, 6) is -1.49. The topological polar surface area (TPSA) is 100 Å². The van der Waals surface area contributed by atoms with Crippen LogP contribution in [0.15, 0.2) is 71.1 Å². The molecule has 0 saturated carbocycles. The summed E-state index contributed by atoms with van der Waals surface area (Å²) in [6.07, 6.45) is 1.78. The van der Waals surface area contributed by atoms with E-state index in [9.17, 15) is 18.0 Å². The minimum absolute atomic E-state index is 0.100. The van der Waals surface area contributed by atoms with Crippen molar-refractivity contribution >= 4 is 44.6 Å². The highest BCUT2D eigenvalue weighted by molar-refractivity contribution is 7.16. The molecule has 8 nitrogen and oxygen atoms in total. The van der Waals surface area contributed by atoms with Gasteiger partial charge in [0.05, 0.1) is 17.0 Å². The zero-order chi connectivity index (χ0) is 28.8. The van der Waals surface area contributed by atoms with Crippen LogP contribution in [-0.2, 0) is 0 Å². The minimum atomic E-state index is -3.18. The van der Waals surface area contributed by atoms with E-state index < -0.39 is 24.2 Å². The van der Waals surface area contributed by atoms with Crippen molar-refractivity contribution < 1.29 is 17.9 Å². The minimum Gasteiger partial charge on any atom is -0.432 e. The predicted octanol–water partition coefficient (Wildman–Crippen LogP) is 6.81. The lowest BCUT2D eigenvalue weighted by Gasteiger charge is -2.20. The van der Waals surface area contributed by atoms with E-state index in [0.29, 0.717) is 44.1 Å². The van der Waals surface area contributed by atoms with Crippen molar-refractivity contribution in [1.29, 1.82) is 0 Å². The monoisotopic (exact) mass is 596 g/mol. The molecular weight excluding hydrogens is 577 g/mol. The lowest BCUT2D eigenvalue weighted by Crippen LogP contribution is -2.21. The number of pyridine rings is 1. The molecule has 0 fully saturated rings. The molecular formula is C28H20ClF3N6O2S. The molecule has 4 aromatic heterocycles. The summed E-state index contributed by atoms with van der Waals surface area (Å²) in [5, 5.41) is 7.15. The Labute approximate surface area is 239 Å². The van der Waals surface area contributed by atoms with Crippen LogP contribution in [0.5, 0.6) is 5.75 Å².